The summed E-state index contributed by atoms with van der Waals surface area (Å²) in [6.45, 7) is 4.19. The molecule has 0 aromatic carbocycles. The second kappa shape index (κ2) is 6.46. The SMILES string of the molecule is COCC(=O)[C@@]1(OC)CC[C@H]2[C@@H]3CCC4=CC(=O)C=C[C@]4(C)[C@H]3C(=O)C[C@@]21C. The van der Waals surface area contributed by atoms with Gasteiger partial charge in [0.15, 0.2) is 11.6 Å². The number of carbonyl (C=O) groups excluding carboxylic acids is 3. The minimum atomic E-state index is -0.955. The smallest absolute Gasteiger partial charge is 0.190 e. The third kappa shape index (κ3) is 2.35. The molecule has 0 radical (unpaired) electrons. The summed E-state index contributed by atoms with van der Waals surface area (Å²) in [6.07, 6.45) is 8.88. The lowest BCUT2D eigenvalue weighted by Gasteiger charge is -2.57. The van der Waals surface area contributed by atoms with Crippen LogP contribution in [-0.4, -0.2) is 43.8 Å². The molecule has 0 amide bonds. The van der Waals surface area contributed by atoms with Gasteiger partial charge in [0.05, 0.1) is 0 Å². The van der Waals surface area contributed by atoms with Crippen LogP contribution in [-0.2, 0) is 23.9 Å². The quantitative estimate of drug-likeness (QED) is 0.743. The molecule has 0 unspecified atom stereocenters. The molecule has 0 bridgehead atoms. The van der Waals surface area contributed by atoms with Crippen LogP contribution < -0.4 is 0 Å². The van der Waals surface area contributed by atoms with Crippen LogP contribution in [0.4, 0.5) is 0 Å². The van der Waals surface area contributed by atoms with E-state index in [4.69, 9.17) is 9.47 Å². The number of fused-ring (bicyclic) bond motifs is 5. The van der Waals surface area contributed by atoms with E-state index in [2.05, 4.69) is 13.8 Å². The summed E-state index contributed by atoms with van der Waals surface area (Å²) in [5.41, 5.74) is -0.764. The minimum Gasteiger partial charge on any atom is -0.377 e. The van der Waals surface area contributed by atoms with Gasteiger partial charge in [-0.25, -0.2) is 0 Å². The molecule has 0 heterocycles. The first-order valence-corrected chi connectivity index (χ1v) is 10.3. The Labute approximate surface area is 166 Å². The molecule has 4 aliphatic carbocycles. The molecule has 3 fully saturated rings. The maximum absolute atomic E-state index is 13.6. The molecule has 5 nitrogen and oxygen atoms in total. The zero-order chi connectivity index (χ0) is 20.3. The molecule has 28 heavy (non-hydrogen) atoms. The lowest BCUT2D eigenvalue weighted by molar-refractivity contribution is -0.175. The lowest BCUT2D eigenvalue weighted by Crippen LogP contribution is -2.61. The zero-order valence-electron chi connectivity index (χ0n) is 17.2. The molecule has 0 spiro atoms. The van der Waals surface area contributed by atoms with Crippen LogP contribution >= 0.6 is 0 Å². The summed E-state index contributed by atoms with van der Waals surface area (Å²) in [6, 6.07) is 0. The van der Waals surface area contributed by atoms with Gasteiger partial charge in [-0.3, -0.25) is 14.4 Å². The zero-order valence-corrected chi connectivity index (χ0v) is 17.2. The Morgan fingerprint density at radius 2 is 1.96 bits per heavy atom. The Hall–Kier alpha value is -1.59. The average Bonchev–Trinajstić information content (AvgIpc) is 2.95. The third-order valence-corrected chi connectivity index (χ3v) is 8.45. The van der Waals surface area contributed by atoms with E-state index in [1.165, 1.54) is 7.11 Å². The minimum absolute atomic E-state index is 0.00782. The van der Waals surface area contributed by atoms with Crippen molar-refractivity contribution in [3.05, 3.63) is 23.8 Å². The number of hydrogen-bond acceptors (Lipinski definition) is 5. The van der Waals surface area contributed by atoms with Crippen LogP contribution in [0.3, 0.4) is 0 Å². The molecule has 4 aliphatic rings. The largest absolute Gasteiger partial charge is 0.377 e. The molecular formula is C23H30O5. The highest BCUT2D eigenvalue weighted by Crippen LogP contribution is 2.66. The van der Waals surface area contributed by atoms with Crippen molar-refractivity contribution in [1.82, 2.24) is 0 Å². The summed E-state index contributed by atoms with van der Waals surface area (Å²) in [7, 11) is 3.11. The molecule has 6 atom stereocenters. The fourth-order valence-corrected chi connectivity index (χ4v) is 7.17. The van der Waals surface area contributed by atoms with E-state index in [-0.39, 0.29) is 47.1 Å². The van der Waals surface area contributed by atoms with Gasteiger partial charge in [-0.15, -0.1) is 0 Å². The van der Waals surface area contributed by atoms with Crippen molar-refractivity contribution >= 4 is 17.3 Å². The Kier molecular flexibility index (Phi) is 4.55. The molecule has 0 aromatic heterocycles. The lowest BCUT2D eigenvalue weighted by atomic mass is 9.46. The molecule has 152 valence electrons. The van der Waals surface area contributed by atoms with Crippen molar-refractivity contribution in [2.24, 2.45) is 28.6 Å². The highest BCUT2D eigenvalue weighted by atomic mass is 16.5. The third-order valence-electron chi connectivity index (χ3n) is 8.45. The predicted molar refractivity (Wildman–Crippen MR) is 104 cm³/mol. The Morgan fingerprint density at radius 3 is 2.64 bits per heavy atom. The fraction of sp³-hybridized carbons (Fsp3) is 0.696. The first-order chi connectivity index (χ1) is 13.2. The second-order valence-corrected chi connectivity index (χ2v) is 9.46. The molecular weight excluding hydrogens is 356 g/mol. The van der Waals surface area contributed by atoms with Gasteiger partial charge >= 0.3 is 0 Å². The maximum atomic E-state index is 13.6. The van der Waals surface area contributed by atoms with Gasteiger partial charge in [0.1, 0.15) is 18.0 Å². The van der Waals surface area contributed by atoms with Crippen LogP contribution in [0.25, 0.3) is 0 Å². The van der Waals surface area contributed by atoms with Gasteiger partial charge in [-0.1, -0.05) is 25.5 Å². The van der Waals surface area contributed by atoms with Crippen molar-refractivity contribution in [3.63, 3.8) is 0 Å². The number of ether oxygens (including phenoxy) is 2. The molecule has 0 aromatic rings. The van der Waals surface area contributed by atoms with Crippen molar-refractivity contribution in [2.45, 2.75) is 51.6 Å². The van der Waals surface area contributed by atoms with Crippen molar-refractivity contribution in [3.8, 4) is 0 Å². The highest BCUT2D eigenvalue weighted by Gasteiger charge is 2.69. The van der Waals surface area contributed by atoms with Gasteiger partial charge in [0.25, 0.3) is 0 Å². The monoisotopic (exact) mass is 386 g/mol. The van der Waals surface area contributed by atoms with Crippen LogP contribution in [0.2, 0.25) is 0 Å². The Bertz CT molecular complexity index is 795. The van der Waals surface area contributed by atoms with E-state index in [1.807, 2.05) is 6.08 Å². The second-order valence-electron chi connectivity index (χ2n) is 9.46. The Balaban J connectivity index is 1.75. The van der Waals surface area contributed by atoms with Crippen LogP contribution in [0.15, 0.2) is 23.8 Å². The predicted octanol–water partition coefficient (Wildman–Crippen LogP) is 3.07. The van der Waals surface area contributed by atoms with Crippen molar-refractivity contribution in [2.75, 3.05) is 20.8 Å². The number of methoxy groups -OCH3 is 2. The van der Waals surface area contributed by atoms with E-state index >= 15 is 0 Å². The number of carbonyl (C=O) groups is 3. The van der Waals surface area contributed by atoms with Gasteiger partial charge in [0.2, 0.25) is 0 Å². The summed E-state index contributed by atoms with van der Waals surface area (Å²) in [5, 5.41) is 0. The van der Waals surface area contributed by atoms with E-state index < -0.39 is 11.0 Å². The number of Topliss-reactive ketones (excluding diaryl/α,β-unsaturated/α-hetero) is 2. The molecule has 4 rings (SSSR count). The van der Waals surface area contributed by atoms with E-state index in [0.717, 1.165) is 24.8 Å². The first kappa shape index (κ1) is 19.7. The molecule has 5 heteroatoms. The Morgan fingerprint density at radius 1 is 1.21 bits per heavy atom. The van der Waals surface area contributed by atoms with Gasteiger partial charge in [0, 0.05) is 37.4 Å². The summed E-state index contributed by atoms with van der Waals surface area (Å²) >= 11 is 0. The van der Waals surface area contributed by atoms with Gasteiger partial charge in [-0.2, -0.15) is 0 Å². The van der Waals surface area contributed by atoms with E-state index in [0.29, 0.717) is 12.8 Å². The van der Waals surface area contributed by atoms with E-state index in [1.54, 1.807) is 19.3 Å². The average molecular weight is 386 g/mol. The fourth-order valence-electron chi connectivity index (χ4n) is 7.17. The van der Waals surface area contributed by atoms with Gasteiger partial charge < -0.3 is 9.47 Å². The number of hydrogen-bond donors (Lipinski definition) is 0. The molecule has 3 saturated carbocycles. The van der Waals surface area contributed by atoms with Crippen molar-refractivity contribution in [1.29, 1.82) is 0 Å². The summed E-state index contributed by atoms with van der Waals surface area (Å²) in [5.74, 6) is 0.492. The molecule has 0 saturated heterocycles. The summed E-state index contributed by atoms with van der Waals surface area (Å²) in [4.78, 5) is 38.5. The van der Waals surface area contributed by atoms with Crippen LogP contribution in [0.1, 0.15) is 46.0 Å². The number of ketones is 3. The number of rotatable bonds is 4. The standard InChI is InChI=1S/C23H30O5/c1-21-9-7-15(24)11-14(21)5-6-16-17-8-10-23(28-4,19(26)13-27-3)22(17,2)12-18(25)20(16)21/h7,9,11,16-17,20H,5-6,8,10,12-13H2,1-4H3/t16-,17-,20+,21-,22-,23-/m0/s1. The highest BCUT2D eigenvalue weighted by molar-refractivity contribution is 6.02. The van der Waals surface area contributed by atoms with Gasteiger partial charge in [-0.05, 0) is 49.7 Å². The molecule has 0 N–H and O–H groups in total. The van der Waals surface area contributed by atoms with Crippen LogP contribution in [0, 0.1) is 28.6 Å². The van der Waals surface area contributed by atoms with E-state index in [9.17, 15) is 14.4 Å². The summed E-state index contributed by atoms with van der Waals surface area (Å²) < 4.78 is 11.0. The first-order valence-electron chi connectivity index (χ1n) is 10.3. The number of allylic oxidation sites excluding steroid dienone is 4. The van der Waals surface area contributed by atoms with Crippen molar-refractivity contribution < 1.29 is 23.9 Å². The maximum Gasteiger partial charge on any atom is 0.190 e. The molecule has 0 aliphatic heterocycles. The topological polar surface area (TPSA) is 69.7 Å². The normalized spacial score (nSPS) is 44.6. The van der Waals surface area contributed by atoms with Crippen LogP contribution in [0.5, 0.6) is 0 Å².